The highest BCUT2D eigenvalue weighted by Gasteiger charge is 2.38. The van der Waals surface area contributed by atoms with Gasteiger partial charge in [-0.25, -0.2) is 4.79 Å². The zero-order chi connectivity index (χ0) is 23.6. The molecule has 0 spiro atoms. The standard InChI is InChI=1S/C19H34N6O6/c1-11(21)16(27)23-12(7-8-15(22)26)17(28)24-13(5-2-3-9-20)18(29)25-10-4-6-14(25)19(30)31/h11-14H,2-10,20-21H2,1H3,(H2,22,26)(H,23,27)(H,24,28)(H,30,31). The summed E-state index contributed by atoms with van der Waals surface area (Å²) in [6.45, 7) is 2.13. The zero-order valence-corrected chi connectivity index (χ0v) is 17.8. The van der Waals surface area contributed by atoms with Gasteiger partial charge in [0.05, 0.1) is 6.04 Å². The maximum atomic E-state index is 13.0. The average Bonchev–Trinajstić information content (AvgIpc) is 3.19. The minimum atomic E-state index is -1.12. The quantitative estimate of drug-likeness (QED) is 0.171. The molecule has 12 nitrogen and oxygen atoms in total. The molecule has 1 heterocycles. The fraction of sp³-hybridized carbons (Fsp3) is 0.737. The molecule has 4 atom stereocenters. The minimum Gasteiger partial charge on any atom is -0.480 e. The number of unbranched alkanes of at least 4 members (excludes halogenated alkanes) is 1. The van der Waals surface area contributed by atoms with E-state index in [4.69, 9.17) is 17.2 Å². The van der Waals surface area contributed by atoms with Crippen LogP contribution >= 0.6 is 0 Å². The van der Waals surface area contributed by atoms with Crippen LogP contribution in [0, 0.1) is 0 Å². The Morgan fingerprint density at radius 1 is 1.06 bits per heavy atom. The molecular weight excluding hydrogens is 408 g/mol. The summed E-state index contributed by atoms with van der Waals surface area (Å²) < 4.78 is 0. The molecule has 1 fully saturated rings. The predicted octanol–water partition coefficient (Wildman–Crippen LogP) is -2.23. The lowest BCUT2D eigenvalue weighted by molar-refractivity contribution is -0.149. The van der Waals surface area contributed by atoms with E-state index in [1.165, 1.54) is 11.8 Å². The molecular formula is C19H34N6O6. The molecule has 0 aliphatic carbocycles. The molecule has 0 aromatic heterocycles. The molecule has 176 valence electrons. The third kappa shape index (κ3) is 8.50. The van der Waals surface area contributed by atoms with Gasteiger partial charge in [0.2, 0.25) is 23.6 Å². The van der Waals surface area contributed by atoms with Crippen molar-refractivity contribution in [2.75, 3.05) is 13.1 Å². The van der Waals surface area contributed by atoms with Crippen molar-refractivity contribution in [3.05, 3.63) is 0 Å². The Morgan fingerprint density at radius 3 is 2.26 bits per heavy atom. The molecule has 1 aliphatic rings. The second-order valence-electron chi connectivity index (χ2n) is 7.73. The Kier molecular flexibility index (Phi) is 10.9. The average molecular weight is 443 g/mol. The van der Waals surface area contributed by atoms with Crippen molar-refractivity contribution in [1.29, 1.82) is 0 Å². The van der Waals surface area contributed by atoms with E-state index in [0.717, 1.165) is 0 Å². The third-order valence-corrected chi connectivity index (χ3v) is 5.11. The number of likely N-dealkylation sites (tertiary alicyclic amines) is 1. The summed E-state index contributed by atoms with van der Waals surface area (Å²) >= 11 is 0. The van der Waals surface area contributed by atoms with Gasteiger partial charge in [0.1, 0.15) is 18.1 Å². The van der Waals surface area contributed by atoms with Gasteiger partial charge in [-0.3, -0.25) is 19.2 Å². The number of carbonyl (C=O) groups is 5. The minimum absolute atomic E-state index is 0.0647. The van der Waals surface area contributed by atoms with E-state index in [-0.39, 0.29) is 25.8 Å². The van der Waals surface area contributed by atoms with Crippen LogP contribution in [-0.2, 0) is 24.0 Å². The highest BCUT2D eigenvalue weighted by molar-refractivity contribution is 5.94. The van der Waals surface area contributed by atoms with Crippen LogP contribution in [0.15, 0.2) is 0 Å². The van der Waals surface area contributed by atoms with Crippen LogP contribution in [0.1, 0.15) is 51.9 Å². The zero-order valence-electron chi connectivity index (χ0n) is 17.8. The molecule has 1 rings (SSSR count). The molecule has 4 amide bonds. The number of carbonyl (C=O) groups excluding carboxylic acids is 4. The van der Waals surface area contributed by atoms with Gasteiger partial charge in [0.15, 0.2) is 0 Å². The number of carboxylic acid groups (broad SMARTS) is 1. The smallest absolute Gasteiger partial charge is 0.326 e. The van der Waals surface area contributed by atoms with E-state index in [1.807, 2.05) is 0 Å². The van der Waals surface area contributed by atoms with Crippen LogP contribution < -0.4 is 27.8 Å². The Labute approximate surface area is 181 Å². The molecule has 0 aromatic carbocycles. The molecule has 0 aromatic rings. The Morgan fingerprint density at radius 2 is 1.71 bits per heavy atom. The fourth-order valence-electron chi connectivity index (χ4n) is 3.37. The first-order valence-electron chi connectivity index (χ1n) is 10.5. The van der Waals surface area contributed by atoms with E-state index in [0.29, 0.717) is 32.2 Å². The van der Waals surface area contributed by atoms with E-state index in [1.54, 1.807) is 0 Å². The largest absolute Gasteiger partial charge is 0.480 e. The van der Waals surface area contributed by atoms with Crippen LogP contribution in [0.5, 0.6) is 0 Å². The second kappa shape index (κ2) is 12.8. The van der Waals surface area contributed by atoms with Gasteiger partial charge in [0.25, 0.3) is 0 Å². The van der Waals surface area contributed by atoms with Gasteiger partial charge >= 0.3 is 5.97 Å². The SMILES string of the molecule is CC(N)C(=O)NC(CCC(N)=O)C(=O)NC(CCCCN)C(=O)N1CCCC1C(=O)O. The van der Waals surface area contributed by atoms with Gasteiger partial charge < -0.3 is 37.8 Å². The number of rotatable bonds is 13. The summed E-state index contributed by atoms with van der Waals surface area (Å²) in [7, 11) is 0. The normalized spacial score (nSPS) is 18.7. The Balaban J connectivity index is 2.98. The highest BCUT2D eigenvalue weighted by Crippen LogP contribution is 2.20. The molecule has 0 radical (unpaired) electrons. The number of nitrogens with two attached hydrogens (primary N) is 3. The lowest BCUT2D eigenvalue weighted by Crippen LogP contribution is -2.57. The Hall–Kier alpha value is -2.73. The van der Waals surface area contributed by atoms with Gasteiger partial charge in [-0.2, -0.15) is 0 Å². The second-order valence-corrected chi connectivity index (χ2v) is 7.73. The van der Waals surface area contributed by atoms with Gasteiger partial charge in [-0.05, 0) is 52.0 Å². The molecule has 1 aliphatic heterocycles. The summed E-state index contributed by atoms with van der Waals surface area (Å²) in [6.07, 6.45) is 2.09. The lowest BCUT2D eigenvalue weighted by atomic mass is 10.0. The van der Waals surface area contributed by atoms with Crippen LogP contribution in [0.25, 0.3) is 0 Å². The monoisotopic (exact) mass is 442 g/mol. The van der Waals surface area contributed by atoms with E-state index < -0.39 is 53.8 Å². The number of hydrogen-bond donors (Lipinski definition) is 6. The number of nitrogens with one attached hydrogen (secondary N) is 2. The van der Waals surface area contributed by atoms with Crippen molar-refractivity contribution in [3.8, 4) is 0 Å². The van der Waals surface area contributed by atoms with Crippen molar-refractivity contribution in [3.63, 3.8) is 0 Å². The summed E-state index contributed by atoms with van der Waals surface area (Å²) in [4.78, 5) is 61.8. The molecule has 0 bridgehead atoms. The van der Waals surface area contributed by atoms with Gasteiger partial charge in [-0.1, -0.05) is 0 Å². The maximum absolute atomic E-state index is 13.0. The first kappa shape index (κ1) is 26.3. The predicted molar refractivity (Wildman–Crippen MR) is 111 cm³/mol. The van der Waals surface area contributed by atoms with Crippen LogP contribution in [0.2, 0.25) is 0 Å². The molecule has 4 unspecified atom stereocenters. The maximum Gasteiger partial charge on any atom is 0.326 e. The van der Waals surface area contributed by atoms with Gasteiger partial charge in [0, 0.05) is 13.0 Å². The number of nitrogens with zero attached hydrogens (tertiary/aromatic N) is 1. The summed E-state index contributed by atoms with van der Waals surface area (Å²) in [6, 6.07) is -3.93. The van der Waals surface area contributed by atoms with Crippen LogP contribution in [0.3, 0.4) is 0 Å². The number of hydrogen-bond acceptors (Lipinski definition) is 7. The number of carboxylic acids is 1. The van der Waals surface area contributed by atoms with Gasteiger partial charge in [-0.15, -0.1) is 0 Å². The van der Waals surface area contributed by atoms with Crippen LogP contribution in [0.4, 0.5) is 0 Å². The van der Waals surface area contributed by atoms with Crippen molar-refractivity contribution in [1.82, 2.24) is 15.5 Å². The number of amides is 4. The van der Waals surface area contributed by atoms with E-state index >= 15 is 0 Å². The van der Waals surface area contributed by atoms with Crippen molar-refractivity contribution in [2.24, 2.45) is 17.2 Å². The Bertz CT molecular complexity index is 670. The third-order valence-electron chi connectivity index (χ3n) is 5.11. The van der Waals surface area contributed by atoms with E-state index in [9.17, 15) is 29.1 Å². The fourth-order valence-corrected chi connectivity index (χ4v) is 3.37. The molecule has 0 saturated carbocycles. The topological polar surface area (TPSA) is 211 Å². The molecule has 12 heteroatoms. The van der Waals surface area contributed by atoms with Crippen molar-refractivity contribution >= 4 is 29.6 Å². The van der Waals surface area contributed by atoms with Crippen molar-refractivity contribution < 1.29 is 29.1 Å². The summed E-state index contributed by atoms with van der Waals surface area (Å²) in [5, 5.41) is 14.4. The first-order valence-corrected chi connectivity index (χ1v) is 10.5. The molecule has 31 heavy (non-hydrogen) atoms. The lowest BCUT2D eigenvalue weighted by Gasteiger charge is -2.29. The number of primary amides is 1. The first-order chi connectivity index (χ1) is 14.6. The van der Waals surface area contributed by atoms with Crippen LogP contribution in [-0.4, -0.2) is 76.9 Å². The number of aliphatic carboxylic acids is 1. The van der Waals surface area contributed by atoms with Crippen molar-refractivity contribution in [2.45, 2.75) is 76.0 Å². The summed E-state index contributed by atoms with van der Waals surface area (Å²) in [5.41, 5.74) is 16.2. The molecule has 1 saturated heterocycles. The molecule has 9 N–H and O–H groups in total. The highest BCUT2D eigenvalue weighted by atomic mass is 16.4. The summed E-state index contributed by atoms with van der Waals surface area (Å²) in [5.74, 6) is -3.51. The van der Waals surface area contributed by atoms with E-state index in [2.05, 4.69) is 10.6 Å².